The van der Waals surface area contributed by atoms with E-state index in [4.69, 9.17) is 9.47 Å². The van der Waals surface area contributed by atoms with Gasteiger partial charge in [-0.2, -0.15) is 13.2 Å². The van der Waals surface area contributed by atoms with E-state index in [2.05, 4.69) is 10.2 Å². The standard InChI is InChI=1S/C30H35F3N4O5/c1-41-27(39)36-14-10-25(11-15-36)34-26(38)23-6-2-22(3-7-23)19-37-20-29(42-28(37)40)12-16-35(17-13-29)18-21-4-8-24(9-5-21)30(31,32)33/h2-9,25H,10-20H2,1H3,(H,34,38). The molecule has 0 atom stereocenters. The number of methoxy groups -OCH3 is 1. The van der Waals surface area contributed by atoms with Crippen molar-refractivity contribution in [2.24, 2.45) is 0 Å². The highest BCUT2D eigenvalue weighted by Gasteiger charge is 2.46. The minimum absolute atomic E-state index is 0.0185. The number of amides is 3. The highest BCUT2D eigenvalue weighted by Crippen LogP contribution is 2.35. The average molecular weight is 589 g/mol. The third-order valence-electron chi connectivity index (χ3n) is 8.35. The van der Waals surface area contributed by atoms with Gasteiger partial charge in [0, 0.05) is 63.7 Å². The molecule has 2 aromatic carbocycles. The predicted octanol–water partition coefficient (Wildman–Crippen LogP) is 4.65. The van der Waals surface area contributed by atoms with E-state index in [0.717, 1.165) is 23.3 Å². The lowest BCUT2D eigenvalue weighted by Gasteiger charge is -2.37. The number of hydrogen-bond acceptors (Lipinski definition) is 6. The maximum Gasteiger partial charge on any atom is 0.416 e. The average Bonchev–Trinajstić information content (AvgIpc) is 3.28. The summed E-state index contributed by atoms with van der Waals surface area (Å²) in [6.07, 6.45) is -2.47. The number of rotatable bonds is 6. The van der Waals surface area contributed by atoms with Crippen molar-refractivity contribution in [1.82, 2.24) is 20.0 Å². The molecule has 9 nitrogen and oxygen atoms in total. The molecule has 2 aromatic rings. The fourth-order valence-corrected chi connectivity index (χ4v) is 5.84. The SMILES string of the molecule is COC(=O)N1CCC(NC(=O)c2ccc(CN3CC4(CCN(Cc5ccc(C(F)(F)F)cc5)CC4)OC3=O)cc2)CC1. The van der Waals surface area contributed by atoms with E-state index in [1.54, 1.807) is 21.9 Å². The maximum absolute atomic E-state index is 12.8. The van der Waals surface area contributed by atoms with Crippen molar-refractivity contribution in [3.05, 3.63) is 70.8 Å². The summed E-state index contributed by atoms with van der Waals surface area (Å²) in [6, 6.07) is 12.4. The molecule has 1 spiro atoms. The minimum atomic E-state index is -4.35. The molecule has 226 valence electrons. The number of likely N-dealkylation sites (tertiary alicyclic amines) is 2. The van der Waals surface area contributed by atoms with Gasteiger partial charge in [0.1, 0.15) is 5.60 Å². The number of halogens is 3. The number of piperidine rings is 2. The zero-order chi connectivity index (χ0) is 29.9. The smallest absolute Gasteiger partial charge is 0.416 e. The van der Waals surface area contributed by atoms with Crippen LogP contribution in [0.4, 0.5) is 22.8 Å². The molecule has 0 aromatic heterocycles. The molecule has 12 heteroatoms. The third-order valence-corrected chi connectivity index (χ3v) is 8.35. The molecular weight excluding hydrogens is 553 g/mol. The van der Waals surface area contributed by atoms with Crippen LogP contribution in [0.5, 0.6) is 0 Å². The summed E-state index contributed by atoms with van der Waals surface area (Å²) >= 11 is 0. The van der Waals surface area contributed by atoms with Crippen LogP contribution in [0, 0.1) is 0 Å². The van der Waals surface area contributed by atoms with Gasteiger partial charge in [0.05, 0.1) is 19.2 Å². The van der Waals surface area contributed by atoms with Gasteiger partial charge in [0.25, 0.3) is 5.91 Å². The monoisotopic (exact) mass is 588 g/mol. The van der Waals surface area contributed by atoms with E-state index in [1.807, 2.05) is 12.1 Å². The molecule has 3 aliphatic rings. The Kier molecular flexibility index (Phi) is 8.63. The van der Waals surface area contributed by atoms with Gasteiger partial charge in [-0.3, -0.25) is 14.6 Å². The van der Waals surface area contributed by atoms with E-state index in [1.165, 1.54) is 19.2 Å². The maximum atomic E-state index is 12.8. The zero-order valence-electron chi connectivity index (χ0n) is 23.5. The van der Waals surface area contributed by atoms with Crippen molar-refractivity contribution in [2.45, 2.75) is 56.6 Å². The van der Waals surface area contributed by atoms with Crippen molar-refractivity contribution in [3.63, 3.8) is 0 Å². The van der Waals surface area contributed by atoms with Gasteiger partial charge < -0.3 is 19.7 Å². The molecule has 0 aliphatic carbocycles. The van der Waals surface area contributed by atoms with Gasteiger partial charge >= 0.3 is 18.4 Å². The van der Waals surface area contributed by atoms with E-state index in [9.17, 15) is 27.6 Å². The number of carbonyl (C=O) groups excluding carboxylic acids is 3. The van der Waals surface area contributed by atoms with Crippen molar-refractivity contribution >= 4 is 18.1 Å². The van der Waals surface area contributed by atoms with E-state index < -0.39 is 17.3 Å². The van der Waals surface area contributed by atoms with Crippen molar-refractivity contribution in [1.29, 1.82) is 0 Å². The molecule has 3 amide bonds. The van der Waals surface area contributed by atoms with Gasteiger partial charge in [0.15, 0.2) is 0 Å². The van der Waals surface area contributed by atoms with E-state index >= 15 is 0 Å². The first kappa shape index (κ1) is 29.7. The van der Waals surface area contributed by atoms with E-state index in [0.29, 0.717) is 77.1 Å². The lowest BCUT2D eigenvalue weighted by molar-refractivity contribution is -0.137. The molecule has 0 saturated carbocycles. The summed E-state index contributed by atoms with van der Waals surface area (Å²) in [5, 5.41) is 3.03. The summed E-state index contributed by atoms with van der Waals surface area (Å²) in [7, 11) is 1.35. The number of benzene rings is 2. The normalized spacial score (nSPS) is 19.6. The first-order valence-corrected chi connectivity index (χ1v) is 14.1. The number of nitrogens with zero attached hydrogens (tertiary/aromatic N) is 3. The Hall–Kier alpha value is -3.80. The molecular formula is C30H35F3N4O5. The van der Waals surface area contributed by atoms with Crippen molar-refractivity contribution in [3.8, 4) is 0 Å². The van der Waals surface area contributed by atoms with Gasteiger partial charge in [-0.15, -0.1) is 0 Å². The first-order valence-electron chi connectivity index (χ1n) is 14.1. The van der Waals surface area contributed by atoms with Gasteiger partial charge in [-0.25, -0.2) is 9.59 Å². The lowest BCUT2D eigenvalue weighted by Crippen LogP contribution is -2.46. The number of alkyl halides is 3. The Bertz CT molecular complexity index is 1270. The number of carbonyl (C=O) groups is 3. The lowest BCUT2D eigenvalue weighted by atomic mass is 9.91. The minimum Gasteiger partial charge on any atom is -0.453 e. The molecule has 0 unspecified atom stereocenters. The molecule has 3 saturated heterocycles. The molecule has 5 rings (SSSR count). The fraction of sp³-hybridized carbons (Fsp3) is 0.500. The van der Waals surface area contributed by atoms with Crippen LogP contribution in [-0.2, 0) is 28.7 Å². The van der Waals surface area contributed by atoms with Crippen molar-refractivity contribution in [2.75, 3.05) is 39.8 Å². The van der Waals surface area contributed by atoms with Crippen LogP contribution in [-0.4, -0.2) is 84.3 Å². The molecule has 3 aliphatic heterocycles. The van der Waals surface area contributed by atoms with Crippen LogP contribution < -0.4 is 5.32 Å². The fourth-order valence-electron chi connectivity index (χ4n) is 5.84. The second-order valence-electron chi connectivity index (χ2n) is 11.3. The number of hydrogen-bond donors (Lipinski definition) is 1. The summed E-state index contributed by atoms with van der Waals surface area (Å²) < 4.78 is 49.1. The molecule has 42 heavy (non-hydrogen) atoms. The summed E-state index contributed by atoms with van der Waals surface area (Å²) in [4.78, 5) is 42.6. The Morgan fingerprint density at radius 2 is 1.55 bits per heavy atom. The van der Waals surface area contributed by atoms with Crippen LogP contribution in [0.25, 0.3) is 0 Å². The predicted molar refractivity (Wildman–Crippen MR) is 146 cm³/mol. The molecule has 3 heterocycles. The summed E-state index contributed by atoms with van der Waals surface area (Å²) in [5.41, 5.74) is 0.984. The largest absolute Gasteiger partial charge is 0.453 e. The number of ether oxygens (including phenoxy) is 2. The van der Waals surface area contributed by atoms with Gasteiger partial charge in [-0.1, -0.05) is 24.3 Å². The zero-order valence-corrected chi connectivity index (χ0v) is 23.5. The second-order valence-corrected chi connectivity index (χ2v) is 11.3. The van der Waals surface area contributed by atoms with Crippen LogP contribution in [0.1, 0.15) is 52.7 Å². The van der Waals surface area contributed by atoms with Crippen LogP contribution >= 0.6 is 0 Å². The summed E-state index contributed by atoms with van der Waals surface area (Å²) in [6.45, 7) is 3.78. The van der Waals surface area contributed by atoms with Gasteiger partial charge in [-0.05, 0) is 48.2 Å². The van der Waals surface area contributed by atoms with Crippen LogP contribution in [0.2, 0.25) is 0 Å². The number of nitrogens with one attached hydrogen (secondary N) is 1. The van der Waals surface area contributed by atoms with E-state index in [-0.39, 0.29) is 24.1 Å². The van der Waals surface area contributed by atoms with Crippen molar-refractivity contribution < 1.29 is 37.0 Å². The molecule has 1 N–H and O–H groups in total. The second kappa shape index (κ2) is 12.2. The molecule has 0 radical (unpaired) electrons. The molecule has 3 fully saturated rings. The Morgan fingerprint density at radius 3 is 2.14 bits per heavy atom. The Labute approximate surface area is 242 Å². The van der Waals surface area contributed by atoms with Gasteiger partial charge in [0.2, 0.25) is 0 Å². The Balaban J connectivity index is 1.08. The quantitative estimate of drug-likeness (QED) is 0.528. The highest BCUT2D eigenvalue weighted by molar-refractivity contribution is 5.94. The van der Waals surface area contributed by atoms with Crippen LogP contribution in [0.3, 0.4) is 0 Å². The third kappa shape index (κ3) is 6.97. The topological polar surface area (TPSA) is 91.4 Å². The Morgan fingerprint density at radius 1 is 0.952 bits per heavy atom. The van der Waals surface area contributed by atoms with Crippen LogP contribution in [0.15, 0.2) is 48.5 Å². The highest BCUT2D eigenvalue weighted by atomic mass is 19.4. The first-order chi connectivity index (χ1) is 20.0. The molecule has 0 bridgehead atoms. The summed E-state index contributed by atoms with van der Waals surface area (Å²) in [5.74, 6) is -0.180.